The molecule has 0 aliphatic heterocycles. The highest BCUT2D eigenvalue weighted by Gasteiger charge is 2.12. The summed E-state index contributed by atoms with van der Waals surface area (Å²) < 4.78 is 7.68. The molecule has 4 rings (SSSR count). The van der Waals surface area contributed by atoms with Crippen LogP contribution in [0.2, 0.25) is 0 Å². The number of pyridine rings is 1. The maximum Gasteiger partial charge on any atom is 0.144 e. The van der Waals surface area contributed by atoms with Gasteiger partial charge in [0, 0.05) is 29.7 Å². The Kier molecular flexibility index (Phi) is 3.24. The van der Waals surface area contributed by atoms with Gasteiger partial charge in [-0.2, -0.15) is 0 Å². The summed E-state index contributed by atoms with van der Waals surface area (Å²) in [6.07, 6.45) is 5.71. The number of furan rings is 1. The maximum atomic E-state index is 9.20. The monoisotopic (exact) mass is 304 g/mol. The molecule has 4 nitrogen and oxygen atoms in total. The van der Waals surface area contributed by atoms with Gasteiger partial charge in [0.2, 0.25) is 0 Å². The van der Waals surface area contributed by atoms with Crippen LogP contribution in [-0.2, 0) is 6.61 Å². The van der Waals surface area contributed by atoms with Crippen LogP contribution in [0.4, 0.5) is 0 Å². The SMILES string of the molecule is Cc1ccccc1-c1cc(-c2ccc(CO)o2)cn2ccnc12. The normalized spacial score (nSPS) is 11.2. The zero-order valence-corrected chi connectivity index (χ0v) is 12.7. The third-order valence-corrected chi connectivity index (χ3v) is 4.02. The van der Waals surface area contributed by atoms with E-state index in [0.29, 0.717) is 5.76 Å². The lowest BCUT2D eigenvalue weighted by Gasteiger charge is -2.10. The van der Waals surface area contributed by atoms with Crippen molar-refractivity contribution in [1.29, 1.82) is 0 Å². The van der Waals surface area contributed by atoms with Gasteiger partial charge in [-0.1, -0.05) is 24.3 Å². The predicted octanol–water partition coefficient (Wildman–Crippen LogP) is 4.06. The fourth-order valence-electron chi connectivity index (χ4n) is 2.86. The Morgan fingerprint density at radius 3 is 2.78 bits per heavy atom. The van der Waals surface area contributed by atoms with Crippen molar-refractivity contribution in [2.24, 2.45) is 0 Å². The molecule has 1 aromatic carbocycles. The Hall–Kier alpha value is -2.85. The molecule has 0 saturated carbocycles. The number of imidazole rings is 1. The molecule has 0 amide bonds. The number of aryl methyl sites for hydroxylation is 1. The zero-order valence-electron chi connectivity index (χ0n) is 12.7. The minimum Gasteiger partial charge on any atom is -0.459 e. The highest BCUT2D eigenvalue weighted by atomic mass is 16.4. The minimum atomic E-state index is -0.0992. The number of aliphatic hydroxyl groups is 1. The van der Waals surface area contributed by atoms with Gasteiger partial charge in [-0.3, -0.25) is 0 Å². The van der Waals surface area contributed by atoms with E-state index in [-0.39, 0.29) is 6.61 Å². The van der Waals surface area contributed by atoms with Crippen LogP contribution in [0.25, 0.3) is 28.1 Å². The van der Waals surface area contributed by atoms with E-state index in [1.807, 2.05) is 35.0 Å². The van der Waals surface area contributed by atoms with Gasteiger partial charge in [0.05, 0.1) is 0 Å². The molecule has 4 heteroatoms. The molecule has 23 heavy (non-hydrogen) atoms. The quantitative estimate of drug-likeness (QED) is 0.621. The van der Waals surface area contributed by atoms with Crippen LogP contribution >= 0.6 is 0 Å². The Labute approximate surface area is 133 Å². The van der Waals surface area contributed by atoms with Crippen LogP contribution in [0.5, 0.6) is 0 Å². The number of rotatable bonds is 3. The van der Waals surface area contributed by atoms with E-state index in [4.69, 9.17) is 4.42 Å². The summed E-state index contributed by atoms with van der Waals surface area (Å²) in [7, 11) is 0. The molecule has 3 aromatic heterocycles. The lowest BCUT2D eigenvalue weighted by molar-refractivity contribution is 0.248. The molecule has 0 unspecified atom stereocenters. The second kappa shape index (κ2) is 5.41. The lowest BCUT2D eigenvalue weighted by atomic mass is 10.00. The first kappa shape index (κ1) is 13.8. The number of benzene rings is 1. The fraction of sp³-hybridized carbons (Fsp3) is 0.105. The second-order valence-electron chi connectivity index (χ2n) is 5.54. The standard InChI is InChI=1S/C19H16N2O2/c1-13-4-2-3-5-16(13)17-10-14(11-21-9-8-20-19(17)21)18-7-6-15(12-22)23-18/h2-11,22H,12H2,1H3. The molecule has 0 fully saturated rings. The van der Waals surface area contributed by atoms with Crippen LogP contribution in [0.3, 0.4) is 0 Å². The maximum absolute atomic E-state index is 9.20. The van der Waals surface area contributed by atoms with E-state index in [1.54, 1.807) is 12.3 Å². The second-order valence-corrected chi connectivity index (χ2v) is 5.54. The smallest absolute Gasteiger partial charge is 0.144 e. The number of fused-ring (bicyclic) bond motifs is 1. The summed E-state index contributed by atoms with van der Waals surface area (Å²) in [4.78, 5) is 4.48. The molecular weight excluding hydrogens is 288 g/mol. The van der Waals surface area contributed by atoms with Crippen molar-refractivity contribution in [2.75, 3.05) is 0 Å². The summed E-state index contributed by atoms with van der Waals surface area (Å²) in [5, 5.41) is 9.20. The number of aromatic nitrogens is 2. The van der Waals surface area contributed by atoms with Gasteiger partial charge in [-0.25, -0.2) is 4.98 Å². The summed E-state index contributed by atoms with van der Waals surface area (Å²) in [5.74, 6) is 1.29. The Morgan fingerprint density at radius 2 is 2.00 bits per heavy atom. The van der Waals surface area contributed by atoms with E-state index in [1.165, 1.54) is 5.56 Å². The molecular formula is C19H16N2O2. The van der Waals surface area contributed by atoms with Crippen LogP contribution in [0.15, 0.2) is 65.5 Å². The van der Waals surface area contributed by atoms with E-state index in [9.17, 15) is 5.11 Å². The van der Waals surface area contributed by atoms with E-state index < -0.39 is 0 Å². The van der Waals surface area contributed by atoms with Gasteiger partial charge in [0.15, 0.2) is 0 Å². The summed E-state index contributed by atoms with van der Waals surface area (Å²) >= 11 is 0. The lowest BCUT2D eigenvalue weighted by Crippen LogP contribution is -1.92. The average molecular weight is 304 g/mol. The highest BCUT2D eigenvalue weighted by Crippen LogP contribution is 2.32. The van der Waals surface area contributed by atoms with Crippen LogP contribution < -0.4 is 0 Å². The Balaban J connectivity index is 1.96. The number of nitrogens with zero attached hydrogens (tertiary/aromatic N) is 2. The first-order chi connectivity index (χ1) is 11.3. The van der Waals surface area contributed by atoms with Crippen molar-refractivity contribution in [1.82, 2.24) is 9.38 Å². The van der Waals surface area contributed by atoms with Crippen molar-refractivity contribution in [3.63, 3.8) is 0 Å². The summed E-state index contributed by atoms with van der Waals surface area (Å²) in [5.41, 5.74) is 5.28. The van der Waals surface area contributed by atoms with Crippen molar-refractivity contribution < 1.29 is 9.52 Å². The third kappa shape index (κ3) is 2.33. The van der Waals surface area contributed by atoms with Crippen LogP contribution in [-0.4, -0.2) is 14.5 Å². The predicted molar refractivity (Wildman–Crippen MR) is 89.0 cm³/mol. The summed E-state index contributed by atoms with van der Waals surface area (Å²) in [6.45, 7) is 2.00. The molecule has 0 saturated heterocycles. The molecule has 1 N–H and O–H groups in total. The van der Waals surface area contributed by atoms with Gasteiger partial charge >= 0.3 is 0 Å². The molecule has 3 heterocycles. The van der Waals surface area contributed by atoms with E-state index in [0.717, 1.165) is 28.1 Å². The highest BCUT2D eigenvalue weighted by molar-refractivity contribution is 5.83. The molecule has 0 aliphatic rings. The minimum absolute atomic E-state index is 0.0992. The first-order valence-corrected chi connectivity index (χ1v) is 7.49. The van der Waals surface area contributed by atoms with Crippen molar-refractivity contribution >= 4 is 5.65 Å². The Morgan fingerprint density at radius 1 is 1.13 bits per heavy atom. The topological polar surface area (TPSA) is 50.7 Å². The third-order valence-electron chi connectivity index (χ3n) is 4.02. The first-order valence-electron chi connectivity index (χ1n) is 7.49. The van der Waals surface area contributed by atoms with Gasteiger partial charge in [0.25, 0.3) is 0 Å². The van der Waals surface area contributed by atoms with Crippen molar-refractivity contribution in [2.45, 2.75) is 13.5 Å². The molecule has 0 radical (unpaired) electrons. The van der Waals surface area contributed by atoms with Crippen molar-refractivity contribution in [3.05, 3.63) is 72.4 Å². The van der Waals surface area contributed by atoms with Gasteiger partial charge in [-0.15, -0.1) is 0 Å². The molecule has 0 spiro atoms. The molecule has 0 atom stereocenters. The van der Waals surface area contributed by atoms with Crippen LogP contribution in [0.1, 0.15) is 11.3 Å². The Bertz CT molecular complexity index is 982. The molecule has 0 bridgehead atoms. The molecule has 4 aromatic rings. The van der Waals surface area contributed by atoms with Gasteiger partial charge < -0.3 is 13.9 Å². The van der Waals surface area contributed by atoms with E-state index >= 15 is 0 Å². The number of aliphatic hydroxyl groups excluding tert-OH is 1. The van der Waals surface area contributed by atoms with E-state index in [2.05, 4.69) is 30.1 Å². The van der Waals surface area contributed by atoms with Gasteiger partial charge in [0.1, 0.15) is 23.8 Å². The summed E-state index contributed by atoms with van der Waals surface area (Å²) in [6, 6.07) is 14.0. The number of hydrogen-bond acceptors (Lipinski definition) is 3. The van der Waals surface area contributed by atoms with Crippen LogP contribution in [0, 0.1) is 6.92 Å². The van der Waals surface area contributed by atoms with Crippen molar-refractivity contribution in [3.8, 4) is 22.5 Å². The largest absolute Gasteiger partial charge is 0.459 e. The fourth-order valence-corrected chi connectivity index (χ4v) is 2.86. The molecule has 0 aliphatic carbocycles. The number of hydrogen-bond donors (Lipinski definition) is 1. The van der Waals surface area contributed by atoms with Gasteiger partial charge in [-0.05, 0) is 36.2 Å². The molecule has 114 valence electrons. The average Bonchev–Trinajstić information content (AvgIpc) is 3.23. The zero-order chi connectivity index (χ0) is 15.8.